The van der Waals surface area contributed by atoms with E-state index in [1.165, 1.54) is 18.2 Å². The van der Waals surface area contributed by atoms with Crippen LogP contribution in [0.1, 0.15) is 0 Å². The first-order valence-corrected chi connectivity index (χ1v) is 4.62. The van der Waals surface area contributed by atoms with Gasteiger partial charge in [-0.25, -0.2) is 8.42 Å². The van der Waals surface area contributed by atoms with Gasteiger partial charge in [-0.2, -0.15) is 0 Å². The van der Waals surface area contributed by atoms with Crippen molar-refractivity contribution in [1.29, 1.82) is 0 Å². The third-order valence-electron chi connectivity index (χ3n) is 1.13. The average molecular weight is 214 g/mol. The normalized spacial score (nSPS) is 10.5. The van der Waals surface area contributed by atoms with Crippen LogP contribution < -0.4 is 29.6 Å². The summed E-state index contributed by atoms with van der Waals surface area (Å²) in [6.07, 6.45) is 0. The molecule has 0 saturated heterocycles. The van der Waals surface area contributed by atoms with Crippen molar-refractivity contribution in [3.05, 3.63) is 34.4 Å². The summed E-state index contributed by atoms with van der Waals surface area (Å²) < 4.78 is 21.3. The van der Waals surface area contributed by atoms with Crippen LogP contribution in [0.4, 0.5) is 0 Å². The van der Waals surface area contributed by atoms with Crippen molar-refractivity contribution in [1.82, 2.24) is 0 Å². The van der Waals surface area contributed by atoms with Crippen LogP contribution in [0.15, 0.2) is 29.2 Å². The molecule has 1 aromatic carbocycles. The van der Waals surface area contributed by atoms with Gasteiger partial charge in [0.25, 0.3) is 0 Å². The summed E-state index contributed by atoms with van der Waals surface area (Å²) in [6.45, 7) is 0. The Morgan fingerprint density at radius 1 is 1.25 bits per heavy atom. The Labute approximate surface area is 98.2 Å². The molecule has 12 heavy (non-hydrogen) atoms. The average Bonchev–Trinajstić information content (AvgIpc) is 1.86. The van der Waals surface area contributed by atoms with Gasteiger partial charge >= 0.3 is 29.6 Å². The van der Waals surface area contributed by atoms with Crippen LogP contribution in [0.2, 0.25) is 5.02 Å². The summed E-state index contributed by atoms with van der Waals surface area (Å²) in [5.41, 5.74) is 0. The van der Waals surface area contributed by atoms with Crippen molar-refractivity contribution in [3.63, 3.8) is 0 Å². The quantitative estimate of drug-likeness (QED) is 0.567. The molecule has 60 valence electrons. The molecule has 0 aliphatic heterocycles. The second-order valence-corrected chi connectivity index (χ2v) is 3.79. The summed E-state index contributed by atoms with van der Waals surface area (Å²) in [5.74, 6) is 0. The fraction of sp³-hybridized carbons (Fsp3) is 0. The number of sulfonamides is 1. The number of rotatable bonds is 1. The Hall–Kier alpha value is 0.420. The predicted molar refractivity (Wildman–Crippen MR) is 43.0 cm³/mol. The van der Waals surface area contributed by atoms with Crippen molar-refractivity contribution >= 4 is 21.6 Å². The van der Waals surface area contributed by atoms with Crippen molar-refractivity contribution < 1.29 is 38.0 Å². The number of hydrogen-bond donors (Lipinski definition) is 0. The minimum atomic E-state index is -3.92. The maximum Gasteiger partial charge on any atom is 1.00 e. The van der Waals surface area contributed by atoms with Crippen LogP contribution in [0, 0.1) is 0 Å². The van der Waals surface area contributed by atoms with Gasteiger partial charge in [-0.15, -0.1) is 0 Å². The Kier molecular flexibility index (Phi) is 4.76. The largest absolute Gasteiger partial charge is 1.00 e. The molecule has 0 saturated carbocycles. The third-order valence-corrected chi connectivity index (χ3v) is 2.50. The molecule has 3 nitrogen and oxygen atoms in total. The van der Waals surface area contributed by atoms with E-state index in [4.69, 9.17) is 16.7 Å². The van der Waals surface area contributed by atoms with E-state index >= 15 is 0 Å². The molecular formula is C6H5ClNNaO2S. The van der Waals surface area contributed by atoms with Gasteiger partial charge in [0.05, 0.1) is 9.92 Å². The van der Waals surface area contributed by atoms with Crippen molar-refractivity contribution in [2.75, 3.05) is 0 Å². The van der Waals surface area contributed by atoms with Gasteiger partial charge in [-0.3, -0.25) is 0 Å². The number of hydrogen-bond acceptors (Lipinski definition) is 2. The topological polar surface area (TPSA) is 57.9 Å². The molecule has 0 unspecified atom stereocenters. The maximum absolute atomic E-state index is 10.6. The first-order chi connectivity index (χ1) is 5.02. The van der Waals surface area contributed by atoms with Crippen LogP contribution in [-0.4, -0.2) is 8.42 Å². The van der Waals surface area contributed by atoms with Crippen LogP contribution in [0.25, 0.3) is 5.14 Å². The van der Waals surface area contributed by atoms with Crippen molar-refractivity contribution in [2.45, 2.75) is 4.90 Å². The second kappa shape index (κ2) is 4.60. The fourth-order valence-corrected chi connectivity index (χ4v) is 1.69. The minimum Gasteiger partial charge on any atom is -0.560 e. The van der Waals surface area contributed by atoms with Gasteiger partial charge in [0.15, 0.2) is 0 Å². The van der Waals surface area contributed by atoms with E-state index < -0.39 is 10.0 Å². The molecule has 0 aromatic heterocycles. The molecule has 0 heterocycles. The summed E-state index contributed by atoms with van der Waals surface area (Å²) in [7, 11) is -3.92. The van der Waals surface area contributed by atoms with Crippen molar-refractivity contribution in [2.24, 2.45) is 0 Å². The van der Waals surface area contributed by atoms with E-state index in [-0.39, 0.29) is 39.5 Å². The van der Waals surface area contributed by atoms with Crippen molar-refractivity contribution in [3.8, 4) is 0 Å². The first-order valence-electron chi connectivity index (χ1n) is 2.76. The van der Waals surface area contributed by atoms with Crippen LogP contribution in [0.5, 0.6) is 0 Å². The zero-order valence-electron chi connectivity index (χ0n) is 6.41. The molecule has 0 amide bonds. The fourth-order valence-electron chi connectivity index (χ4n) is 0.663. The van der Waals surface area contributed by atoms with Gasteiger partial charge in [0.2, 0.25) is 0 Å². The Bertz CT molecular complexity index is 366. The molecule has 0 fully saturated rings. The minimum absolute atomic E-state index is 0. The molecule has 6 heteroatoms. The number of halogens is 1. The van der Waals surface area contributed by atoms with E-state index in [1.807, 2.05) is 0 Å². The summed E-state index contributed by atoms with van der Waals surface area (Å²) in [6, 6.07) is 5.86. The Morgan fingerprint density at radius 2 is 1.75 bits per heavy atom. The Balaban J connectivity index is 0.00000121. The van der Waals surface area contributed by atoms with E-state index in [1.54, 1.807) is 6.07 Å². The standard InChI is InChI=1S/C6H5ClNO2S.Na/c7-5-3-1-2-4-6(5)11(8,9)10;/h1-4H,(H-,8,9,10);/q-1;+1. The van der Waals surface area contributed by atoms with E-state index in [2.05, 4.69) is 0 Å². The smallest absolute Gasteiger partial charge is 0.560 e. The second-order valence-electron chi connectivity index (χ2n) is 1.93. The van der Waals surface area contributed by atoms with Gasteiger partial charge in [0, 0.05) is 0 Å². The molecule has 0 radical (unpaired) electrons. The van der Waals surface area contributed by atoms with Gasteiger partial charge in [-0.05, 0) is 12.1 Å². The predicted octanol–water partition coefficient (Wildman–Crippen LogP) is -0.915. The molecule has 1 aromatic rings. The number of benzene rings is 1. The third kappa shape index (κ3) is 3.05. The van der Waals surface area contributed by atoms with Crippen LogP contribution in [0.3, 0.4) is 0 Å². The Morgan fingerprint density at radius 3 is 2.08 bits per heavy atom. The molecule has 1 N–H and O–H groups in total. The monoisotopic (exact) mass is 213 g/mol. The summed E-state index contributed by atoms with van der Waals surface area (Å²) >= 11 is 5.51. The first kappa shape index (κ1) is 12.4. The molecular weight excluding hydrogens is 209 g/mol. The summed E-state index contributed by atoms with van der Waals surface area (Å²) in [4.78, 5) is -0.151. The van der Waals surface area contributed by atoms with E-state index in [0.29, 0.717) is 0 Å². The van der Waals surface area contributed by atoms with Gasteiger partial charge in [-0.1, -0.05) is 23.7 Å². The van der Waals surface area contributed by atoms with Gasteiger partial charge in [0.1, 0.15) is 10.0 Å². The molecule has 0 aliphatic rings. The number of nitrogens with one attached hydrogen (secondary N) is 1. The zero-order chi connectivity index (χ0) is 8.48. The van der Waals surface area contributed by atoms with Crippen LogP contribution in [-0.2, 0) is 10.0 Å². The molecule has 0 bridgehead atoms. The van der Waals surface area contributed by atoms with Gasteiger partial charge < -0.3 is 5.14 Å². The molecule has 0 aliphatic carbocycles. The molecule has 1 rings (SSSR count). The SMILES string of the molecule is [NH-]S(=O)(=O)c1ccccc1Cl.[Na+]. The maximum atomic E-state index is 10.6. The molecule has 0 atom stereocenters. The van der Waals surface area contributed by atoms with Crippen LogP contribution >= 0.6 is 11.6 Å². The van der Waals surface area contributed by atoms with E-state index in [9.17, 15) is 8.42 Å². The zero-order valence-corrected chi connectivity index (χ0v) is 9.98. The van der Waals surface area contributed by atoms with E-state index in [0.717, 1.165) is 0 Å². The molecule has 0 spiro atoms. The summed E-state index contributed by atoms with van der Waals surface area (Å²) in [5, 5.41) is 6.79.